The van der Waals surface area contributed by atoms with Crippen LogP contribution in [0.5, 0.6) is 0 Å². The van der Waals surface area contributed by atoms with E-state index in [9.17, 15) is 0 Å². The van der Waals surface area contributed by atoms with Gasteiger partial charge in [-0.15, -0.1) is 5.10 Å². The summed E-state index contributed by atoms with van der Waals surface area (Å²) in [6.07, 6.45) is 6.14. The molecule has 0 amide bonds. The molecule has 2 aromatic carbocycles. The van der Waals surface area contributed by atoms with Gasteiger partial charge < -0.3 is 0 Å². The Bertz CT molecular complexity index is 890. The van der Waals surface area contributed by atoms with Crippen molar-refractivity contribution in [3.8, 4) is 22.5 Å². The Labute approximate surface area is 142 Å². The summed E-state index contributed by atoms with van der Waals surface area (Å²) < 4.78 is 2.17. The van der Waals surface area contributed by atoms with Crippen LogP contribution in [0, 0.1) is 5.92 Å². The van der Waals surface area contributed by atoms with E-state index >= 15 is 0 Å². The van der Waals surface area contributed by atoms with Gasteiger partial charge in [0.25, 0.3) is 0 Å². The van der Waals surface area contributed by atoms with Crippen LogP contribution in [-0.4, -0.2) is 15.0 Å². The predicted octanol–water partition coefficient (Wildman–Crippen LogP) is 4.51. The normalized spacial score (nSPS) is 16.3. The summed E-state index contributed by atoms with van der Waals surface area (Å²) in [4.78, 5) is 0. The van der Waals surface area contributed by atoms with E-state index in [0.29, 0.717) is 0 Å². The third-order valence-electron chi connectivity index (χ3n) is 5.60. The van der Waals surface area contributed by atoms with Crippen molar-refractivity contribution in [2.24, 2.45) is 5.92 Å². The van der Waals surface area contributed by atoms with E-state index in [0.717, 1.165) is 31.0 Å². The lowest BCUT2D eigenvalue weighted by Crippen LogP contribution is -2.19. The van der Waals surface area contributed by atoms with Gasteiger partial charge in [-0.1, -0.05) is 60.2 Å². The molecule has 3 aromatic rings. The first-order valence-electron chi connectivity index (χ1n) is 9.00. The molecular formula is C21H21N3. The van der Waals surface area contributed by atoms with Crippen molar-refractivity contribution in [1.82, 2.24) is 15.0 Å². The van der Waals surface area contributed by atoms with Gasteiger partial charge in [-0.25, -0.2) is 4.68 Å². The molecule has 0 radical (unpaired) electrons. The highest BCUT2D eigenvalue weighted by atomic mass is 15.4. The summed E-state index contributed by atoms with van der Waals surface area (Å²) >= 11 is 0. The maximum absolute atomic E-state index is 4.62. The van der Waals surface area contributed by atoms with Crippen molar-refractivity contribution < 1.29 is 0 Å². The largest absolute Gasteiger partial charge is 0.244 e. The number of aromatic nitrogens is 3. The molecule has 0 unspecified atom stereocenters. The Kier molecular flexibility index (Phi) is 3.25. The second-order valence-corrected chi connectivity index (χ2v) is 7.08. The van der Waals surface area contributed by atoms with Crippen LogP contribution in [0.15, 0.2) is 48.5 Å². The molecule has 24 heavy (non-hydrogen) atoms. The summed E-state index contributed by atoms with van der Waals surface area (Å²) in [7, 11) is 0. The molecule has 1 saturated carbocycles. The highest BCUT2D eigenvalue weighted by Gasteiger charge is 2.26. The third-order valence-corrected chi connectivity index (χ3v) is 5.60. The van der Waals surface area contributed by atoms with Gasteiger partial charge in [-0.3, -0.25) is 0 Å². The monoisotopic (exact) mass is 315 g/mol. The Morgan fingerprint density at radius 3 is 2.25 bits per heavy atom. The smallest absolute Gasteiger partial charge is 0.121 e. The lowest BCUT2D eigenvalue weighted by Gasteiger charge is -2.26. The van der Waals surface area contributed by atoms with Crippen LogP contribution in [-0.2, 0) is 19.4 Å². The van der Waals surface area contributed by atoms with Crippen molar-refractivity contribution >= 4 is 0 Å². The predicted molar refractivity (Wildman–Crippen MR) is 95.6 cm³/mol. The maximum Gasteiger partial charge on any atom is 0.121 e. The SMILES string of the molecule is c1ccc2c(c1)CCc1ccccc1-c1c-2nnn1CC1CCC1. The molecule has 120 valence electrons. The zero-order valence-corrected chi connectivity index (χ0v) is 13.8. The molecule has 3 heteroatoms. The van der Waals surface area contributed by atoms with Gasteiger partial charge >= 0.3 is 0 Å². The van der Waals surface area contributed by atoms with Crippen molar-refractivity contribution in [3.05, 3.63) is 59.7 Å². The van der Waals surface area contributed by atoms with Gasteiger partial charge in [-0.2, -0.15) is 0 Å². The van der Waals surface area contributed by atoms with Crippen LogP contribution in [0.3, 0.4) is 0 Å². The van der Waals surface area contributed by atoms with E-state index in [1.807, 2.05) is 0 Å². The van der Waals surface area contributed by atoms with Crippen LogP contribution < -0.4 is 0 Å². The first-order chi connectivity index (χ1) is 11.9. The van der Waals surface area contributed by atoms with Crippen LogP contribution in [0.4, 0.5) is 0 Å². The molecule has 0 bridgehead atoms. The average Bonchev–Trinajstić information content (AvgIpc) is 2.98. The molecule has 1 fully saturated rings. The molecule has 5 rings (SSSR count). The summed E-state index contributed by atoms with van der Waals surface area (Å²) in [5.74, 6) is 0.767. The van der Waals surface area contributed by atoms with Crippen molar-refractivity contribution in [1.29, 1.82) is 0 Å². The van der Waals surface area contributed by atoms with E-state index < -0.39 is 0 Å². The zero-order chi connectivity index (χ0) is 15.9. The molecule has 3 nitrogen and oxygen atoms in total. The Hall–Kier alpha value is -2.42. The molecular weight excluding hydrogens is 294 g/mol. The number of nitrogens with zero attached hydrogens (tertiary/aromatic N) is 3. The maximum atomic E-state index is 4.62. The fraction of sp³-hybridized carbons (Fsp3) is 0.333. The van der Waals surface area contributed by atoms with Crippen LogP contribution in [0.2, 0.25) is 0 Å². The van der Waals surface area contributed by atoms with Gasteiger partial charge in [0.1, 0.15) is 5.69 Å². The lowest BCUT2D eigenvalue weighted by molar-refractivity contribution is 0.265. The molecule has 0 spiro atoms. The highest BCUT2D eigenvalue weighted by Crippen LogP contribution is 2.38. The topological polar surface area (TPSA) is 30.7 Å². The van der Waals surface area contributed by atoms with Crippen molar-refractivity contribution in [3.63, 3.8) is 0 Å². The molecule has 1 aromatic heterocycles. The van der Waals surface area contributed by atoms with Crippen LogP contribution >= 0.6 is 0 Å². The Balaban J connectivity index is 1.73. The number of hydrogen-bond donors (Lipinski definition) is 0. The molecule has 0 saturated heterocycles. The standard InChI is InChI=1S/C21H21N3/c1-3-10-18-16(8-1)12-13-17-9-2-4-11-19(17)21-20(18)22-23-24(21)14-15-6-5-7-15/h1-4,8-11,15H,5-7,12-14H2. The lowest BCUT2D eigenvalue weighted by atomic mass is 9.85. The van der Waals surface area contributed by atoms with Crippen molar-refractivity contribution in [2.75, 3.05) is 0 Å². The second-order valence-electron chi connectivity index (χ2n) is 7.08. The minimum Gasteiger partial charge on any atom is -0.244 e. The van der Waals surface area contributed by atoms with Gasteiger partial charge in [0.2, 0.25) is 0 Å². The second kappa shape index (κ2) is 5.59. The van der Waals surface area contributed by atoms with E-state index in [1.165, 1.54) is 47.2 Å². The minimum atomic E-state index is 0.767. The van der Waals surface area contributed by atoms with Gasteiger partial charge in [0.15, 0.2) is 0 Å². The van der Waals surface area contributed by atoms with E-state index in [1.54, 1.807) is 0 Å². The summed E-state index contributed by atoms with van der Waals surface area (Å²) in [6.45, 7) is 0.999. The van der Waals surface area contributed by atoms with Gasteiger partial charge in [0, 0.05) is 17.7 Å². The molecule has 0 N–H and O–H groups in total. The Morgan fingerprint density at radius 1 is 0.875 bits per heavy atom. The number of fused-ring (bicyclic) bond motifs is 5. The zero-order valence-electron chi connectivity index (χ0n) is 13.8. The molecule has 2 aliphatic carbocycles. The summed E-state index contributed by atoms with van der Waals surface area (Å²) in [5.41, 5.74) is 7.62. The number of aryl methyl sites for hydroxylation is 2. The van der Waals surface area contributed by atoms with Gasteiger partial charge in [0.05, 0.1) is 5.69 Å². The molecule has 2 aliphatic rings. The quantitative estimate of drug-likeness (QED) is 0.696. The number of rotatable bonds is 2. The molecule has 1 heterocycles. The first kappa shape index (κ1) is 14.0. The summed E-state index contributed by atoms with van der Waals surface area (Å²) in [5, 5.41) is 9.19. The molecule has 0 atom stereocenters. The van der Waals surface area contributed by atoms with Crippen LogP contribution in [0.25, 0.3) is 22.5 Å². The average molecular weight is 315 g/mol. The fourth-order valence-electron chi connectivity index (χ4n) is 4.02. The number of benzene rings is 2. The van der Waals surface area contributed by atoms with E-state index in [-0.39, 0.29) is 0 Å². The fourth-order valence-corrected chi connectivity index (χ4v) is 4.02. The van der Waals surface area contributed by atoms with E-state index in [4.69, 9.17) is 0 Å². The third kappa shape index (κ3) is 2.19. The van der Waals surface area contributed by atoms with Crippen molar-refractivity contribution in [2.45, 2.75) is 38.6 Å². The highest BCUT2D eigenvalue weighted by molar-refractivity contribution is 5.82. The number of hydrogen-bond acceptors (Lipinski definition) is 2. The first-order valence-corrected chi connectivity index (χ1v) is 9.00. The molecule has 0 aliphatic heterocycles. The Morgan fingerprint density at radius 2 is 1.54 bits per heavy atom. The van der Waals surface area contributed by atoms with Gasteiger partial charge in [-0.05, 0) is 42.7 Å². The van der Waals surface area contributed by atoms with E-state index in [2.05, 4.69) is 63.5 Å². The van der Waals surface area contributed by atoms with Crippen LogP contribution in [0.1, 0.15) is 30.4 Å². The minimum absolute atomic E-state index is 0.767. The summed E-state index contributed by atoms with van der Waals surface area (Å²) in [6, 6.07) is 17.5.